The standard InChI is InChI=1S/C11H16N2S2/c1-8(2)5-10-6-12-11(15-10)13-9-3-4-14-7-9/h3-4,7-8,10H,5-6H2,1-2H3,(H,12,13). The number of thiophene rings is 1. The van der Waals surface area contributed by atoms with Crippen LogP contribution in [0.4, 0.5) is 5.69 Å². The van der Waals surface area contributed by atoms with Crippen molar-refractivity contribution in [2.45, 2.75) is 25.5 Å². The predicted octanol–water partition coefficient (Wildman–Crippen LogP) is 3.68. The van der Waals surface area contributed by atoms with Crippen LogP contribution in [0.15, 0.2) is 21.8 Å². The Hall–Kier alpha value is -0.480. The first-order chi connectivity index (χ1) is 7.24. The summed E-state index contributed by atoms with van der Waals surface area (Å²) in [5.41, 5.74) is 1.16. The molecule has 0 saturated carbocycles. The molecule has 2 heterocycles. The van der Waals surface area contributed by atoms with Gasteiger partial charge in [0.2, 0.25) is 0 Å². The number of nitrogens with zero attached hydrogens (tertiary/aromatic N) is 1. The van der Waals surface area contributed by atoms with Crippen molar-refractivity contribution in [3.63, 3.8) is 0 Å². The fraction of sp³-hybridized carbons (Fsp3) is 0.545. The Labute approximate surface area is 99.2 Å². The minimum absolute atomic E-state index is 0.672. The van der Waals surface area contributed by atoms with Gasteiger partial charge < -0.3 is 5.32 Å². The summed E-state index contributed by atoms with van der Waals surface area (Å²) in [6.07, 6.45) is 1.25. The molecule has 0 fully saturated rings. The van der Waals surface area contributed by atoms with E-state index in [1.54, 1.807) is 11.3 Å². The molecule has 1 aliphatic rings. The SMILES string of the molecule is CC(C)CC1CN=C(Nc2ccsc2)S1. The number of thioether (sulfide) groups is 1. The molecule has 15 heavy (non-hydrogen) atoms. The van der Waals surface area contributed by atoms with E-state index in [1.807, 2.05) is 11.8 Å². The molecule has 0 aromatic carbocycles. The summed E-state index contributed by atoms with van der Waals surface area (Å²) in [7, 11) is 0. The largest absolute Gasteiger partial charge is 0.334 e. The van der Waals surface area contributed by atoms with Crippen molar-refractivity contribution >= 4 is 34.0 Å². The highest BCUT2D eigenvalue weighted by Crippen LogP contribution is 2.27. The van der Waals surface area contributed by atoms with E-state index in [4.69, 9.17) is 0 Å². The number of anilines is 1. The molecule has 1 N–H and O–H groups in total. The summed E-state index contributed by atoms with van der Waals surface area (Å²) < 4.78 is 0. The minimum atomic E-state index is 0.672. The van der Waals surface area contributed by atoms with Crippen LogP contribution in [-0.4, -0.2) is 17.0 Å². The van der Waals surface area contributed by atoms with Gasteiger partial charge in [0.05, 0.1) is 12.2 Å². The molecule has 1 atom stereocenters. The van der Waals surface area contributed by atoms with Crippen molar-refractivity contribution < 1.29 is 0 Å². The second kappa shape index (κ2) is 5.03. The monoisotopic (exact) mass is 240 g/mol. The Balaban J connectivity index is 1.82. The Bertz CT molecular complexity index is 330. The zero-order chi connectivity index (χ0) is 10.7. The average molecular weight is 240 g/mol. The topological polar surface area (TPSA) is 24.4 Å². The molecule has 1 unspecified atom stereocenters. The Kier molecular flexibility index (Phi) is 3.70. The third-order valence-corrected chi connectivity index (χ3v) is 4.04. The number of amidine groups is 1. The van der Waals surface area contributed by atoms with Crippen molar-refractivity contribution in [3.8, 4) is 0 Å². The summed E-state index contributed by atoms with van der Waals surface area (Å²) in [5, 5.41) is 9.29. The van der Waals surface area contributed by atoms with Gasteiger partial charge in [-0.2, -0.15) is 11.3 Å². The maximum absolute atomic E-state index is 4.52. The Morgan fingerprint density at radius 3 is 3.13 bits per heavy atom. The van der Waals surface area contributed by atoms with Gasteiger partial charge in [0.15, 0.2) is 5.17 Å². The first kappa shape index (κ1) is 11.0. The Morgan fingerprint density at radius 2 is 2.47 bits per heavy atom. The van der Waals surface area contributed by atoms with Gasteiger partial charge in [0.1, 0.15) is 0 Å². The summed E-state index contributed by atoms with van der Waals surface area (Å²) in [6.45, 7) is 5.50. The third-order valence-electron chi connectivity index (χ3n) is 2.22. The van der Waals surface area contributed by atoms with Crippen LogP contribution in [0.5, 0.6) is 0 Å². The van der Waals surface area contributed by atoms with Gasteiger partial charge in [-0.25, -0.2) is 0 Å². The van der Waals surface area contributed by atoms with Crippen LogP contribution in [0.1, 0.15) is 20.3 Å². The summed E-state index contributed by atoms with van der Waals surface area (Å²) in [6, 6.07) is 2.09. The molecule has 2 nitrogen and oxygen atoms in total. The van der Waals surface area contributed by atoms with Gasteiger partial charge in [-0.05, 0) is 23.8 Å². The molecule has 0 radical (unpaired) electrons. The first-order valence-corrected chi connectivity index (χ1v) is 7.06. The lowest BCUT2D eigenvalue weighted by Crippen LogP contribution is -2.09. The number of aliphatic imine (C=N–C) groups is 1. The molecule has 0 spiro atoms. The van der Waals surface area contributed by atoms with E-state index < -0.39 is 0 Å². The van der Waals surface area contributed by atoms with Crippen molar-refractivity contribution in [2.75, 3.05) is 11.9 Å². The van der Waals surface area contributed by atoms with Gasteiger partial charge in [-0.15, -0.1) is 0 Å². The van der Waals surface area contributed by atoms with Crippen LogP contribution in [0.25, 0.3) is 0 Å². The molecular formula is C11H16N2S2. The normalized spacial score (nSPS) is 20.7. The van der Waals surface area contributed by atoms with Crippen LogP contribution >= 0.6 is 23.1 Å². The van der Waals surface area contributed by atoms with E-state index in [0.717, 1.165) is 23.3 Å². The van der Waals surface area contributed by atoms with Gasteiger partial charge in [-0.3, -0.25) is 4.99 Å². The smallest absolute Gasteiger partial charge is 0.161 e. The molecule has 2 rings (SSSR count). The van der Waals surface area contributed by atoms with Crippen molar-refractivity contribution in [1.82, 2.24) is 0 Å². The lowest BCUT2D eigenvalue weighted by Gasteiger charge is -2.10. The zero-order valence-corrected chi connectivity index (χ0v) is 10.7. The fourth-order valence-electron chi connectivity index (χ4n) is 1.59. The summed E-state index contributed by atoms with van der Waals surface area (Å²) in [4.78, 5) is 4.52. The number of nitrogens with one attached hydrogen (secondary N) is 1. The molecule has 0 aliphatic carbocycles. The van der Waals surface area contributed by atoms with Gasteiger partial charge in [0, 0.05) is 10.6 Å². The van der Waals surface area contributed by atoms with Gasteiger partial charge >= 0.3 is 0 Å². The van der Waals surface area contributed by atoms with E-state index in [0.29, 0.717) is 5.25 Å². The van der Waals surface area contributed by atoms with Crippen LogP contribution in [-0.2, 0) is 0 Å². The summed E-state index contributed by atoms with van der Waals surface area (Å²) >= 11 is 3.59. The second-order valence-corrected chi connectivity index (χ2v) is 6.22. The highest BCUT2D eigenvalue weighted by molar-refractivity contribution is 8.15. The highest BCUT2D eigenvalue weighted by Gasteiger charge is 2.20. The quantitative estimate of drug-likeness (QED) is 0.871. The van der Waals surface area contributed by atoms with E-state index >= 15 is 0 Å². The van der Waals surface area contributed by atoms with Crippen molar-refractivity contribution in [3.05, 3.63) is 16.8 Å². The molecule has 1 aromatic rings. The molecule has 0 amide bonds. The van der Waals surface area contributed by atoms with Gasteiger partial charge in [-0.1, -0.05) is 25.6 Å². The van der Waals surface area contributed by atoms with E-state index in [9.17, 15) is 0 Å². The molecule has 82 valence electrons. The maximum Gasteiger partial charge on any atom is 0.161 e. The molecular weight excluding hydrogens is 224 g/mol. The minimum Gasteiger partial charge on any atom is -0.334 e. The van der Waals surface area contributed by atoms with Crippen LogP contribution < -0.4 is 5.32 Å². The zero-order valence-electron chi connectivity index (χ0n) is 9.06. The lowest BCUT2D eigenvalue weighted by atomic mass is 10.1. The fourth-order valence-corrected chi connectivity index (χ4v) is 3.45. The predicted molar refractivity (Wildman–Crippen MR) is 71.1 cm³/mol. The Morgan fingerprint density at radius 1 is 1.60 bits per heavy atom. The third kappa shape index (κ3) is 3.24. The highest BCUT2D eigenvalue weighted by atomic mass is 32.2. The summed E-state index contributed by atoms with van der Waals surface area (Å²) in [5.74, 6) is 0.762. The number of hydrogen-bond donors (Lipinski definition) is 1. The average Bonchev–Trinajstić information content (AvgIpc) is 2.77. The van der Waals surface area contributed by atoms with Gasteiger partial charge in [0.25, 0.3) is 0 Å². The van der Waals surface area contributed by atoms with E-state index in [2.05, 4.69) is 41.0 Å². The molecule has 0 bridgehead atoms. The molecule has 0 saturated heterocycles. The van der Waals surface area contributed by atoms with Crippen LogP contribution in [0, 0.1) is 5.92 Å². The van der Waals surface area contributed by atoms with E-state index in [-0.39, 0.29) is 0 Å². The van der Waals surface area contributed by atoms with Crippen LogP contribution in [0.2, 0.25) is 0 Å². The number of hydrogen-bond acceptors (Lipinski definition) is 4. The van der Waals surface area contributed by atoms with Crippen LogP contribution in [0.3, 0.4) is 0 Å². The molecule has 1 aromatic heterocycles. The lowest BCUT2D eigenvalue weighted by molar-refractivity contribution is 0.575. The molecule has 4 heteroatoms. The second-order valence-electron chi connectivity index (χ2n) is 4.15. The molecule has 1 aliphatic heterocycles. The number of rotatable bonds is 3. The first-order valence-electron chi connectivity index (χ1n) is 5.24. The van der Waals surface area contributed by atoms with Crippen molar-refractivity contribution in [1.29, 1.82) is 0 Å². The van der Waals surface area contributed by atoms with Crippen molar-refractivity contribution in [2.24, 2.45) is 10.9 Å². The maximum atomic E-state index is 4.52. The van der Waals surface area contributed by atoms with E-state index in [1.165, 1.54) is 6.42 Å².